The van der Waals surface area contributed by atoms with Crippen LogP contribution in [0.3, 0.4) is 0 Å². The van der Waals surface area contributed by atoms with E-state index in [1.807, 2.05) is 6.92 Å². The van der Waals surface area contributed by atoms with Gasteiger partial charge in [-0.2, -0.15) is 4.31 Å². The molecule has 1 aliphatic rings. The van der Waals surface area contributed by atoms with Gasteiger partial charge in [0.2, 0.25) is 10.0 Å². The van der Waals surface area contributed by atoms with Crippen LogP contribution in [-0.4, -0.2) is 35.7 Å². The highest BCUT2D eigenvalue weighted by atomic mass is 32.2. The lowest BCUT2D eigenvalue weighted by molar-refractivity contribution is 0.140. The smallest absolute Gasteiger partial charge is 0.449 e. The Kier molecular flexibility index (Phi) is 3.82. The first-order chi connectivity index (χ1) is 10.9. The molecule has 0 saturated heterocycles. The number of carboxylic acid groups (broad SMARTS) is 1. The monoisotopic (exact) mass is 338 g/mol. The van der Waals surface area contributed by atoms with Crippen molar-refractivity contribution < 1.29 is 27.6 Å². The highest BCUT2D eigenvalue weighted by Crippen LogP contribution is 2.30. The van der Waals surface area contributed by atoms with Crippen LogP contribution in [0.2, 0.25) is 0 Å². The van der Waals surface area contributed by atoms with E-state index in [2.05, 4.69) is 9.89 Å². The topological polar surface area (TPSA) is 110 Å². The Bertz CT molecular complexity index is 841. The van der Waals surface area contributed by atoms with Crippen LogP contribution in [0.4, 0.5) is 4.79 Å². The van der Waals surface area contributed by atoms with Crippen LogP contribution in [0.1, 0.15) is 16.9 Å². The third-order valence-electron chi connectivity index (χ3n) is 3.60. The van der Waals surface area contributed by atoms with Gasteiger partial charge < -0.3 is 14.4 Å². The van der Waals surface area contributed by atoms with E-state index in [0.29, 0.717) is 17.7 Å². The fraction of sp³-hybridized carbons (Fsp3) is 0.286. The van der Waals surface area contributed by atoms with E-state index >= 15 is 0 Å². The highest BCUT2D eigenvalue weighted by molar-refractivity contribution is 7.89. The van der Waals surface area contributed by atoms with E-state index < -0.39 is 16.2 Å². The number of benzene rings is 1. The molecule has 8 nitrogen and oxygen atoms in total. The van der Waals surface area contributed by atoms with Crippen LogP contribution in [-0.2, 0) is 23.0 Å². The zero-order valence-corrected chi connectivity index (χ0v) is 13.0. The van der Waals surface area contributed by atoms with Crippen LogP contribution in [0, 0.1) is 6.92 Å². The van der Waals surface area contributed by atoms with Gasteiger partial charge in [-0.25, -0.2) is 13.2 Å². The molecular formula is C14H14N2O6S. The molecule has 9 heteroatoms. The molecule has 2 heterocycles. The summed E-state index contributed by atoms with van der Waals surface area (Å²) in [6.45, 7) is 2.05. The Morgan fingerprint density at radius 1 is 1.35 bits per heavy atom. The lowest BCUT2D eigenvalue weighted by Crippen LogP contribution is -2.35. The average molecular weight is 338 g/mol. The number of hydrogen-bond donors (Lipinski definition) is 1. The summed E-state index contributed by atoms with van der Waals surface area (Å²) in [4.78, 5) is 10.8. The van der Waals surface area contributed by atoms with Crippen molar-refractivity contribution >= 4 is 16.2 Å². The molecule has 0 unspecified atom stereocenters. The molecule has 0 amide bonds. The summed E-state index contributed by atoms with van der Waals surface area (Å²) in [5.74, 6) is 0.230. The molecule has 0 aliphatic carbocycles. The standard InChI is InChI=1S/C14H14N2O6S/c1-9-2-4-10(5-3-9)23(19,20)16-7-6-12-11(8-16)13(15-22-12)21-14(17)18/h2-5H,6-8H2,1H3,(H,17,18). The Labute approximate surface area is 132 Å². The number of aryl methyl sites for hydroxylation is 1. The Morgan fingerprint density at radius 3 is 2.70 bits per heavy atom. The molecule has 122 valence electrons. The van der Waals surface area contributed by atoms with Gasteiger partial charge in [0, 0.05) is 19.5 Å². The number of fused-ring (bicyclic) bond motifs is 1. The van der Waals surface area contributed by atoms with Crippen molar-refractivity contribution in [1.29, 1.82) is 0 Å². The van der Waals surface area contributed by atoms with Gasteiger partial charge in [-0.1, -0.05) is 17.7 Å². The summed E-state index contributed by atoms with van der Waals surface area (Å²) < 4.78 is 36.2. The largest absolute Gasteiger partial charge is 0.512 e. The van der Waals surface area contributed by atoms with E-state index in [-0.39, 0.29) is 23.9 Å². The van der Waals surface area contributed by atoms with Gasteiger partial charge >= 0.3 is 6.16 Å². The molecule has 0 saturated carbocycles. The van der Waals surface area contributed by atoms with Crippen molar-refractivity contribution in [1.82, 2.24) is 9.46 Å². The molecule has 0 fully saturated rings. The van der Waals surface area contributed by atoms with Gasteiger partial charge in [0.25, 0.3) is 5.88 Å². The Morgan fingerprint density at radius 2 is 2.04 bits per heavy atom. The first kappa shape index (κ1) is 15.5. The summed E-state index contributed by atoms with van der Waals surface area (Å²) in [6.07, 6.45) is -1.23. The normalized spacial score (nSPS) is 15.2. The molecule has 23 heavy (non-hydrogen) atoms. The van der Waals surface area contributed by atoms with Crippen molar-refractivity contribution in [3.05, 3.63) is 41.2 Å². The minimum Gasteiger partial charge on any atom is -0.449 e. The number of ether oxygens (including phenoxy) is 1. The number of carbonyl (C=O) groups is 1. The molecule has 2 aromatic rings. The zero-order valence-electron chi connectivity index (χ0n) is 12.2. The molecule has 1 aromatic heterocycles. The molecule has 1 aliphatic heterocycles. The molecule has 0 bridgehead atoms. The van der Waals surface area contributed by atoms with Gasteiger partial charge in [-0.15, -0.1) is 0 Å². The lowest BCUT2D eigenvalue weighted by Gasteiger charge is -2.25. The second-order valence-electron chi connectivity index (χ2n) is 5.16. The van der Waals surface area contributed by atoms with Crippen molar-refractivity contribution in [2.24, 2.45) is 0 Å². The molecule has 0 spiro atoms. The molecule has 0 atom stereocenters. The van der Waals surface area contributed by atoms with Crippen molar-refractivity contribution in [2.45, 2.75) is 24.8 Å². The van der Waals surface area contributed by atoms with E-state index in [9.17, 15) is 13.2 Å². The number of nitrogens with zero attached hydrogens (tertiary/aromatic N) is 2. The average Bonchev–Trinajstić information content (AvgIpc) is 2.89. The maximum Gasteiger partial charge on any atom is 0.512 e. The van der Waals surface area contributed by atoms with E-state index in [1.54, 1.807) is 24.3 Å². The predicted molar refractivity (Wildman–Crippen MR) is 77.6 cm³/mol. The minimum absolute atomic E-state index is 0.0440. The fourth-order valence-electron chi connectivity index (χ4n) is 2.39. The number of rotatable bonds is 3. The molecule has 1 N–H and O–H groups in total. The van der Waals surface area contributed by atoms with E-state index in [4.69, 9.17) is 9.63 Å². The Hall–Kier alpha value is -2.39. The third-order valence-corrected chi connectivity index (χ3v) is 5.46. The van der Waals surface area contributed by atoms with Crippen LogP contribution < -0.4 is 4.74 Å². The van der Waals surface area contributed by atoms with Gasteiger partial charge in [-0.3, -0.25) is 0 Å². The van der Waals surface area contributed by atoms with Crippen LogP contribution in [0.25, 0.3) is 0 Å². The minimum atomic E-state index is -3.68. The number of aromatic nitrogens is 1. The maximum atomic E-state index is 12.7. The predicted octanol–water partition coefficient (Wildman–Crippen LogP) is 1.79. The summed E-state index contributed by atoms with van der Waals surface area (Å²) >= 11 is 0. The highest BCUT2D eigenvalue weighted by Gasteiger charge is 2.33. The quantitative estimate of drug-likeness (QED) is 0.849. The zero-order chi connectivity index (χ0) is 16.6. The second kappa shape index (κ2) is 5.67. The Balaban J connectivity index is 1.90. The fourth-order valence-corrected chi connectivity index (χ4v) is 3.80. The maximum absolute atomic E-state index is 12.7. The number of sulfonamides is 1. The van der Waals surface area contributed by atoms with E-state index in [0.717, 1.165) is 5.56 Å². The van der Waals surface area contributed by atoms with Crippen LogP contribution >= 0.6 is 0 Å². The van der Waals surface area contributed by atoms with Gasteiger partial charge in [0.05, 0.1) is 10.5 Å². The van der Waals surface area contributed by atoms with Crippen LogP contribution in [0.15, 0.2) is 33.7 Å². The van der Waals surface area contributed by atoms with Gasteiger partial charge in [0.1, 0.15) is 5.76 Å². The van der Waals surface area contributed by atoms with Crippen molar-refractivity contribution in [3.8, 4) is 5.88 Å². The van der Waals surface area contributed by atoms with Crippen molar-refractivity contribution in [3.63, 3.8) is 0 Å². The van der Waals surface area contributed by atoms with Gasteiger partial charge in [-0.05, 0) is 24.2 Å². The summed E-state index contributed by atoms with van der Waals surface area (Å²) in [7, 11) is -3.68. The lowest BCUT2D eigenvalue weighted by atomic mass is 10.1. The first-order valence-electron chi connectivity index (χ1n) is 6.83. The van der Waals surface area contributed by atoms with E-state index in [1.165, 1.54) is 4.31 Å². The molecule has 0 radical (unpaired) electrons. The number of hydrogen-bond acceptors (Lipinski definition) is 6. The van der Waals surface area contributed by atoms with Crippen LogP contribution in [0.5, 0.6) is 5.88 Å². The van der Waals surface area contributed by atoms with Gasteiger partial charge in [0.15, 0.2) is 0 Å². The second-order valence-corrected chi connectivity index (χ2v) is 7.10. The summed E-state index contributed by atoms with van der Waals surface area (Å²) in [5, 5.41) is 12.2. The van der Waals surface area contributed by atoms with Crippen molar-refractivity contribution in [2.75, 3.05) is 6.54 Å². The first-order valence-corrected chi connectivity index (χ1v) is 8.27. The molecule has 1 aromatic carbocycles. The summed E-state index contributed by atoms with van der Waals surface area (Å²) in [6, 6.07) is 6.53. The third kappa shape index (κ3) is 2.92. The molecule has 3 rings (SSSR count). The summed E-state index contributed by atoms with van der Waals surface area (Å²) in [5.41, 5.74) is 1.30. The SMILES string of the molecule is Cc1ccc(S(=O)(=O)N2CCc3onc(OC(=O)O)c3C2)cc1. The molecular weight excluding hydrogens is 324 g/mol.